The number of pyridine rings is 1. The van der Waals surface area contributed by atoms with Crippen LogP contribution in [0, 0.1) is 0 Å². The molecule has 0 unspecified atom stereocenters. The smallest absolute Gasteiger partial charge is 0.339 e. The fraction of sp³-hybridized carbons (Fsp3) is 0.207. The van der Waals surface area contributed by atoms with Crippen molar-refractivity contribution in [1.29, 1.82) is 0 Å². The van der Waals surface area contributed by atoms with Crippen molar-refractivity contribution >= 4 is 40.1 Å². The van der Waals surface area contributed by atoms with Crippen molar-refractivity contribution in [2.75, 3.05) is 25.1 Å². The molecule has 1 aliphatic carbocycles. The lowest BCUT2D eigenvalue weighted by molar-refractivity contribution is -0.119. The molecule has 1 aliphatic heterocycles. The van der Waals surface area contributed by atoms with Crippen LogP contribution in [0.15, 0.2) is 65.3 Å². The molecule has 0 fully saturated rings. The first-order valence-corrected chi connectivity index (χ1v) is 12.2. The number of furan rings is 1. The maximum atomic E-state index is 13.4. The predicted octanol–water partition coefficient (Wildman–Crippen LogP) is 5.27. The van der Waals surface area contributed by atoms with Gasteiger partial charge in [0.05, 0.1) is 23.0 Å². The Bertz CT molecular complexity index is 1520. The zero-order valence-electron chi connectivity index (χ0n) is 20.0. The minimum Gasteiger partial charge on any atom is -0.486 e. The number of fused-ring (bicyclic) bond motifs is 3. The number of nitrogens with zero attached hydrogens (tertiary/aromatic N) is 1. The minimum atomic E-state index is -0.550. The van der Waals surface area contributed by atoms with Crippen LogP contribution in [-0.4, -0.2) is 36.7 Å². The second-order valence-corrected chi connectivity index (χ2v) is 8.85. The van der Waals surface area contributed by atoms with Crippen LogP contribution < -0.4 is 14.8 Å². The van der Waals surface area contributed by atoms with E-state index >= 15 is 0 Å². The zero-order valence-corrected chi connectivity index (χ0v) is 20.0. The van der Waals surface area contributed by atoms with Gasteiger partial charge in [0.1, 0.15) is 19.0 Å². The standard InChI is InChI=1S/C29H24N2O6/c32-26(30-19-10-11-24-25(16-19)36-14-13-35-24)17-37-29(33)27-21-7-1-2-9-23(21)31-28-18(5-3-8-22(27)28)15-20-6-4-12-34-20/h1-2,4,6-7,9-12,15-16H,3,5,8,13-14,17H2,(H,30,32)/b18-15-. The third-order valence-electron chi connectivity index (χ3n) is 6.39. The van der Waals surface area contributed by atoms with Gasteiger partial charge in [0.25, 0.3) is 5.91 Å². The van der Waals surface area contributed by atoms with E-state index in [1.807, 2.05) is 42.5 Å². The Morgan fingerprint density at radius 3 is 2.73 bits per heavy atom. The fourth-order valence-electron chi connectivity index (χ4n) is 4.77. The highest BCUT2D eigenvalue weighted by Gasteiger charge is 2.26. The summed E-state index contributed by atoms with van der Waals surface area (Å²) in [5.74, 6) is 0.930. The lowest BCUT2D eigenvalue weighted by atomic mass is 9.86. The first-order valence-electron chi connectivity index (χ1n) is 12.2. The Morgan fingerprint density at radius 2 is 1.86 bits per heavy atom. The Labute approximate surface area is 212 Å². The molecule has 2 aliphatic rings. The summed E-state index contributed by atoms with van der Waals surface area (Å²) in [5, 5.41) is 3.45. The van der Waals surface area contributed by atoms with Gasteiger partial charge in [0, 0.05) is 17.1 Å². The fourth-order valence-corrected chi connectivity index (χ4v) is 4.77. The van der Waals surface area contributed by atoms with Gasteiger partial charge < -0.3 is 23.9 Å². The molecule has 3 heterocycles. The van der Waals surface area contributed by atoms with Crippen LogP contribution >= 0.6 is 0 Å². The maximum Gasteiger partial charge on any atom is 0.339 e. The van der Waals surface area contributed by atoms with Crippen molar-refractivity contribution in [2.24, 2.45) is 0 Å². The number of hydrogen-bond donors (Lipinski definition) is 1. The van der Waals surface area contributed by atoms with Crippen molar-refractivity contribution in [3.63, 3.8) is 0 Å². The molecule has 0 radical (unpaired) electrons. The van der Waals surface area contributed by atoms with Crippen molar-refractivity contribution in [1.82, 2.24) is 4.98 Å². The summed E-state index contributed by atoms with van der Waals surface area (Å²) in [6.45, 7) is 0.514. The number of allylic oxidation sites excluding steroid dienone is 1. The highest BCUT2D eigenvalue weighted by atomic mass is 16.6. The third kappa shape index (κ3) is 4.65. The van der Waals surface area contributed by atoms with E-state index < -0.39 is 18.5 Å². The summed E-state index contributed by atoms with van der Waals surface area (Å²) in [5.41, 5.74) is 4.30. The Kier molecular flexibility index (Phi) is 6.06. The van der Waals surface area contributed by atoms with Crippen molar-refractivity contribution in [2.45, 2.75) is 19.3 Å². The van der Waals surface area contributed by atoms with E-state index in [1.54, 1.807) is 24.5 Å². The summed E-state index contributed by atoms with van der Waals surface area (Å²) >= 11 is 0. The van der Waals surface area contributed by atoms with E-state index in [4.69, 9.17) is 23.6 Å². The second-order valence-electron chi connectivity index (χ2n) is 8.85. The average Bonchev–Trinajstić information content (AvgIpc) is 3.44. The second kappa shape index (κ2) is 9.81. The van der Waals surface area contributed by atoms with Crippen LogP contribution in [0.4, 0.5) is 5.69 Å². The number of para-hydroxylation sites is 1. The maximum absolute atomic E-state index is 13.4. The Balaban J connectivity index is 1.25. The summed E-state index contributed by atoms with van der Waals surface area (Å²) in [6, 6.07) is 16.3. The SMILES string of the molecule is O=C(COC(=O)c1c2c(nc3ccccc13)/C(=C\c1ccco1)CCC2)Nc1ccc2c(c1)OCCO2. The molecule has 6 rings (SSSR count). The molecule has 0 saturated carbocycles. The predicted molar refractivity (Wildman–Crippen MR) is 138 cm³/mol. The number of carbonyl (C=O) groups is 2. The Hall–Kier alpha value is -4.59. The molecule has 1 N–H and O–H groups in total. The number of amides is 1. The first kappa shape index (κ1) is 22.8. The highest BCUT2D eigenvalue weighted by Crippen LogP contribution is 2.36. The average molecular weight is 497 g/mol. The molecule has 4 aromatic rings. The quantitative estimate of drug-likeness (QED) is 0.376. The number of anilines is 1. The molecule has 0 atom stereocenters. The summed E-state index contributed by atoms with van der Waals surface area (Å²) < 4.78 is 22.1. The number of hydrogen-bond acceptors (Lipinski definition) is 7. The molecule has 0 saturated heterocycles. The van der Waals surface area contributed by atoms with Crippen LogP contribution in [0.1, 0.15) is 40.2 Å². The van der Waals surface area contributed by atoms with Crippen molar-refractivity contribution < 1.29 is 28.2 Å². The van der Waals surface area contributed by atoms with Gasteiger partial charge in [0.2, 0.25) is 0 Å². The van der Waals surface area contributed by atoms with Crippen molar-refractivity contribution in [3.05, 3.63) is 83.4 Å². The van der Waals surface area contributed by atoms with Crippen LogP contribution in [-0.2, 0) is 16.0 Å². The molecular formula is C29H24N2O6. The van der Waals surface area contributed by atoms with Gasteiger partial charge in [-0.1, -0.05) is 18.2 Å². The van der Waals surface area contributed by atoms with Crippen LogP contribution in [0.3, 0.4) is 0 Å². The summed E-state index contributed by atoms with van der Waals surface area (Å²) in [7, 11) is 0. The number of nitrogens with one attached hydrogen (secondary N) is 1. The molecular weight excluding hydrogens is 472 g/mol. The van der Waals surface area contributed by atoms with Gasteiger partial charge in [0.15, 0.2) is 18.1 Å². The largest absolute Gasteiger partial charge is 0.486 e. The van der Waals surface area contributed by atoms with Gasteiger partial charge in [-0.05, 0) is 66.8 Å². The van der Waals surface area contributed by atoms with E-state index in [-0.39, 0.29) is 0 Å². The van der Waals surface area contributed by atoms with E-state index in [2.05, 4.69) is 5.32 Å². The number of ether oxygens (including phenoxy) is 3. The van der Waals surface area contributed by atoms with Gasteiger partial charge >= 0.3 is 5.97 Å². The number of rotatable bonds is 5. The summed E-state index contributed by atoms with van der Waals surface area (Å²) in [6.07, 6.45) is 5.98. The number of carbonyl (C=O) groups excluding carboxylic acids is 2. The molecule has 2 aromatic carbocycles. The van der Waals surface area contributed by atoms with Gasteiger partial charge in [-0.3, -0.25) is 4.79 Å². The van der Waals surface area contributed by atoms with E-state index in [9.17, 15) is 9.59 Å². The molecule has 8 heteroatoms. The van der Waals surface area contributed by atoms with Gasteiger partial charge in [-0.15, -0.1) is 0 Å². The monoisotopic (exact) mass is 496 g/mol. The van der Waals surface area contributed by atoms with E-state index in [0.29, 0.717) is 53.3 Å². The number of esters is 1. The van der Waals surface area contributed by atoms with Crippen LogP contribution in [0.5, 0.6) is 11.5 Å². The molecule has 0 spiro atoms. The zero-order chi connectivity index (χ0) is 25.2. The normalized spacial score (nSPS) is 15.3. The van der Waals surface area contributed by atoms with Crippen LogP contribution in [0.2, 0.25) is 0 Å². The first-order chi connectivity index (χ1) is 18.2. The van der Waals surface area contributed by atoms with Crippen molar-refractivity contribution in [3.8, 4) is 11.5 Å². The Morgan fingerprint density at radius 1 is 1.00 bits per heavy atom. The topological polar surface area (TPSA) is 99.9 Å². The van der Waals surface area contributed by atoms with Gasteiger partial charge in [-0.2, -0.15) is 0 Å². The molecule has 186 valence electrons. The molecule has 2 aromatic heterocycles. The highest BCUT2D eigenvalue weighted by molar-refractivity contribution is 6.07. The third-order valence-corrected chi connectivity index (χ3v) is 6.39. The minimum absolute atomic E-state index is 0.423. The number of benzene rings is 2. The molecule has 1 amide bonds. The molecule has 0 bridgehead atoms. The molecule has 8 nitrogen and oxygen atoms in total. The molecule has 37 heavy (non-hydrogen) atoms. The number of aromatic nitrogens is 1. The van der Waals surface area contributed by atoms with Gasteiger partial charge in [-0.25, -0.2) is 9.78 Å². The lowest BCUT2D eigenvalue weighted by Crippen LogP contribution is -2.23. The van der Waals surface area contributed by atoms with E-state index in [0.717, 1.165) is 35.4 Å². The summed E-state index contributed by atoms with van der Waals surface area (Å²) in [4.78, 5) is 30.9. The lowest BCUT2D eigenvalue weighted by Gasteiger charge is -2.22. The van der Waals surface area contributed by atoms with E-state index in [1.165, 1.54) is 0 Å². The van der Waals surface area contributed by atoms with Crippen LogP contribution in [0.25, 0.3) is 22.6 Å².